The number of thiazole rings is 1. The van der Waals surface area contributed by atoms with Gasteiger partial charge in [0.1, 0.15) is 0 Å². The van der Waals surface area contributed by atoms with Gasteiger partial charge >= 0.3 is 0 Å². The van der Waals surface area contributed by atoms with Crippen LogP contribution in [0.1, 0.15) is 30.4 Å². The van der Waals surface area contributed by atoms with E-state index in [0.29, 0.717) is 6.42 Å². The number of likely N-dealkylation sites (tertiary alicyclic amines) is 1. The molecule has 2 aromatic heterocycles. The predicted octanol–water partition coefficient (Wildman–Crippen LogP) is 4.67. The van der Waals surface area contributed by atoms with E-state index in [1.807, 2.05) is 17.0 Å². The van der Waals surface area contributed by atoms with E-state index in [0.717, 1.165) is 54.4 Å². The van der Waals surface area contributed by atoms with Crippen molar-refractivity contribution < 1.29 is 9.21 Å². The first-order chi connectivity index (χ1) is 13.6. The first-order valence-corrected chi connectivity index (χ1v) is 10.6. The molecule has 0 unspecified atom stereocenters. The van der Waals surface area contributed by atoms with Gasteiger partial charge in [-0.3, -0.25) is 4.79 Å². The van der Waals surface area contributed by atoms with Crippen LogP contribution in [0.3, 0.4) is 0 Å². The summed E-state index contributed by atoms with van der Waals surface area (Å²) in [5, 5.41) is 2.10. The predicted molar refractivity (Wildman–Crippen MR) is 112 cm³/mol. The quantitative estimate of drug-likeness (QED) is 0.609. The summed E-state index contributed by atoms with van der Waals surface area (Å²) in [7, 11) is 0. The summed E-state index contributed by atoms with van der Waals surface area (Å²) in [6, 6.07) is 10.2. The standard InChI is InChI=1S/C22H25N3O2S/c1-16-8-9-18(17(2)14-16)23-22-25(12-5-11-24-10-3-7-21(24)26)19(15-28-22)20-6-4-13-27-20/h4,6,8-9,13-15H,3,5,7,10-12H2,1-2H3. The van der Waals surface area contributed by atoms with Crippen LogP contribution in [0, 0.1) is 13.8 Å². The van der Waals surface area contributed by atoms with E-state index in [9.17, 15) is 4.79 Å². The second-order valence-corrected chi connectivity index (χ2v) is 8.11. The maximum Gasteiger partial charge on any atom is 0.222 e. The summed E-state index contributed by atoms with van der Waals surface area (Å²) in [5.41, 5.74) is 4.43. The van der Waals surface area contributed by atoms with Crippen molar-refractivity contribution in [3.05, 3.63) is 57.9 Å². The summed E-state index contributed by atoms with van der Waals surface area (Å²) in [4.78, 5) is 19.7. The Labute approximate surface area is 169 Å². The Kier molecular flexibility index (Phi) is 5.48. The minimum atomic E-state index is 0.279. The number of amides is 1. The van der Waals surface area contributed by atoms with Crippen LogP contribution in [0.15, 0.2) is 51.4 Å². The molecule has 6 heteroatoms. The van der Waals surface area contributed by atoms with E-state index >= 15 is 0 Å². The first-order valence-electron chi connectivity index (χ1n) is 9.74. The Hall–Kier alpha value is -2.60. The monoisotopic (exact) mass is 395 g/mol. The van der Waals surface area contributed by atoms with E-state index in [2.05, 4.69) is 42.0 Å². The molecule has 5 nitrogen and oxygen atoms in total. The Balaban J connectivity index is 1.64. The fourth-order valence-corrected chi connectivity index (χ4v) is 4.58. The van der Waals surface area contributed by atoms with Crippen LogP contribution in [0.4, 0.5) is 5.69 Å². The van der Waals surface area contributed by atoms with Gasteiger partial charge in [0.15, 0.2) is 10.6 Å². The van der Waals surface area contributed by atoms with Crippen LogP contribution in [-0.2, 0) is 11.3 Å². The van der Waals surface area contributed by atoms with E-state index in [-0.39, 0.29) is 5.91 Å². The Morgan fingerprint density at radius 1 is 1.21 bits per heavy atom. The highest BCUT2D eigenvalue weighted by Crippen LogP contribution is 2.23. The number of carbonyl (C=O) groups is 1. The molecular weight excluding hydrogens is 370 g/mol. The molecule has 1 amide bonds. The van der Waals surface area contributed by atoms with Gasteiger partial charge in [-0.2, -0.15) is 0 Å². The molecule has 4 rings (SSSR count). The highest BCUT2D eigenvalue weighted by molar-refractivity contribution is 7.07. The Morgan fingerprint density at radius 3 is 2.82 bits per heavy atom. The van der Waals surface area contributed by atoms with Crippen molar-refractivity contribution in [2.75, 3.05) is 13.1 Å². The minimum absolute atomic E-state index is 0.279. The van der Waals surface area contributed by atoms with Gasteiger partial charge in [0, 0.05) is 31.4 Å². The molecular formula is C22H25N3O2S. The average molecular weight is 396 g/mol. The molecule has 1 aliphatic rings. The van der Waals surface area contributed by atoms with E-state index < -0.39 is 0 Å². The molecule has 0 aliphatic carbocycles. The van der Waals surface area contributed by atoms with Crippen molar-refractivity contribution >= 4 is 22.9 Å². The number of benzene rings is 1. The number of hydrogen-bond acceptors (Lipinski definition) is 4. The molecule has 0 saturated carbocycles. The molecule has 1 aliphatic heterocycles. The highest BCUT2D eigenvalue weighted by Gasteiger charge is 2.19. The molecule has 0 radical (unpaired) electrons. The third-order valence-corrected chi connectivity index (χ3v) is 5.98. The number of hydrogen-bond donors (Lipinski definition) is 0. The van der Waals surface area contributed by atoms with Crippen molar-refractivity contribution in [3.63, 3.8) is 0 Å². The summed E-state index contributed by atoms with van der Waals surface area (Å²) >= 11 is 1.62. The molecule has 0 bridgehead atoms. The van der Waals surface area contributed by atoms with Gasteiger partial charge in [-0.05, 0) is 50.5 Å². The van der Waals surface area contributed by atoms with Crippen molar-refractivity contribution in [1.29, 1.82) is 0 Å². The SMILES string of the molecule is Cc1ccc(N=c2scc(-c3ccco3)n2CCCN2CCCC2=O)c(C)c1. The van der Waals surface area contributed by atoms with Crippen LogP contribution in [0.2, 0.25) is 0 Å². The second-order valence-electron chi connectivity index (χ2n) is 7.27. The number of aromatic nitrogens is 1. The molecule has 3 aromatic rings. The third-order valence-electron chi connectivity index (χ3n) is 5.12. The number of furan rings is 1. The maximum atomic E-state index is 11.9. The lowest BCUT2D eigenvalue weighted by molar-refractivity contribution is -0.127. The summed E-state index contributed by atoms with van der Waals surface area (Å²) in [5.74, 6) is 1.12. The van der Waals surface area contributed by atoms with E-state index in [4.69, 9.17) is 9.41 Å². The van der Waals surface area contributed by atoms with E-state index in [1.54, 1.807) is 17.6 Å². The summed E-state index contributed by atoms with van der Waals surface area (Å²) in [6.45, 7) is 6.67. The van der Waals surface area contributed by atoms with Crippen LogP contribution in [0.25, 0.3) is 11.5 Å². The van der Waals surface area contributed by atoms with Crippen LogP contribution in [-0.4, -0.2) is 28.5 Å². The van der Waals surface area contributed by atoms with Gasteiger partial charge in [0.2, 0.25) is 5.91 Å². The van der Waals surface area contributed by atoms with Crippen molar-refractivity contribution in [3.8, 4) is 11.5 Å². The summed E-state index contributed by atoms with van der Waals surface area (Å²) < 4.78 is 7.85. The van der Waals surface area contributed by atoms with Gasteiger partial charge < -0.3 is 13.9 Å². The third kappa shape index (κ3) is 3.97. The number of rotatable bonds is 6. The largest absolute Gasteiger partial charge is 0.463 e. The zero-order valence-corrected chi connectivity index (χ0v) is 17.2. The van der Waals surface area contributed by atoms with Crippen LogP contribution >= 0.6 is 11.3 Å². The smallest absolute Gasteiger partial charge is 0.222 e. The Morgan fingerprint density at radius 2 is 2.11 bits per heavy atom. The molecule has 3 heterocycles. The number of aryl methyl sites for hydroxylation is 2. The fourth-order valence-electron chi connectivity index (χ4n) is 3.65. The Bertz CT molecular complexity index is 1030. The van der Waals surface area contributed by atoms with Gasteiger partial charge in [0.05, 0.1) is 17.6 Å². The van der Waals surface area contributed by atoms with Gasteiger partial charge in [-0.1, -0.05) is 17.7 Å². The number of carbonyl (C=O) groups excluding carboxylic acids is 1. The van der Waals surface area contributed by atoms with Crippen molar-refractivity contribution in [2.24, 2.45) is 4.99 Å². The highest BCUT2D eigenvalue weighted by atomic mass is 32.1. The fraction of sp³-hybridized carbons (Fsp3) is 0.364. The van der Waals surface area contributed by atoms with Gasteiger partial charge in [-0.25, -0.2) is 4.99 Å². The lowest BCUT2D eigenvalue weighted by atomic mass is 10.1. The molecule has 1 saturated heterocycles. The lowest BCUT2D eigenvalue weighted by Gasteiger charge is -2.16. The second kappa shape index (κ2) is 8.19. The first kappa shape index (κ1) is 18.7. The topological polar surface area (TPSA) is 50.7 Å². The van der Waals surface area contributed by atoms with Crippen LogP contribution < -0.4 is 4.80 Å². The van der Waals surface area contributed by atoms with Crippen LogP contribution in [0.5, 0.6) is 0 Å². The molecule has 0 N–H and O–H groups in total. The number of nitrogens with zero attached hydrogens (tertiary/aromatic N) is 3. The molecule has 146 valence electrons. The lowest BCUT2D eigenvalue weighted by Crippen LogP contribution is -2.27. The van der Waals surface area contributed by atoms with Crippen molar-refractivity contribution in [2.45, 2.75) is 39.7 Å². The molecule has 1 fully saturated rings. The molecule has 0 atom stereocenters. The van der Waals surface area contributed by atoms with E-state index in [1.165, 1.54) is 11.1 Å². The zero-order chi connectivity index (χ0) is 19.5. The summed E-state index contributed by atoms with van der Waals surface area (Å²) in [6.07, 6.45) is 4.27. The van der Waals surface area contributed by atoms with Crippen molar-refractivity contribution in [1.82, 2.24) is 9.47 Å². The minimum Gasteiger partial charge on any atom is -0.463 e. The average Bonchev–Trinajstić information content (AvgIpc) is 3.40. The van der Waals surface area contributed by atoms with Gasteiger partial charge in [0.25, 0.3) is 0 Å². The van der Waals surface area contributed by atoms with Gasteiger partial charge in [-0.15, -0.1) is 11.3 Å². The normalized spacial score (nSPS) is 15.0. The molecule has 0 spiro atoms. The molecule has 28 heavy (non-hydrogen) atoms. The zero-order valence-electron chi connectivity index (χ0n) is 16.4. The maximum absolute atomic E-state index is 11.9. The molecule has 1 aromatic carbocycles.